The second-order valence-corrected chi connectivity index (χ2v) is 7.35. The first kappa shape index (κ1) is 14.7. The van der Waals surface area contributed by atoms with Gasteiger partial charge in [-0.2, -0.15) is 17.4 Å². The fourth-order valence-electron chi connectivity index (χ4n) is 2.93. The van der Waals surface area contributed by atoms with Crippen LogP contribution in [0.2, 0.25) is 0 Å². The van der Waals surface area contributed by atoms with E-state index < -0.39 is 22.1 Å². The number of carbonyl (C=O) groups is 1. The van der Waals surface area contributed by atoms with Crippen LogP contribution in [-0.2, 0) is 15.0 Å². The average Bonchev–Trinajstić information content (AvgIpc) is 2.74. The molecule has 2 unspecified atom stereocenters. The third-order valence-electron chi connectivity index (χ3n) is 4.30. The van der Waals surface area contributed by atoms with Crippen LogP contribution in [0.3, 0.4) is 0 Å². The van der Waals surface area contributed by atoms with Crippen molar-refractivity contribution in [3.05, 3.63) is 0 Å². The van der Waals surface area contributed by atoms with Crippen LogP contribution in [0.25, 0.3) is 0 Å². The highest BCUT2D eigenvalue weighted by atomic mass is 32.2. The number of carboxylic acids is 1. The topological polar surface area (TPSA) is 86.7 Å². The van der Waals surface area contributed by atoms with Crippen molar-refractivity contribution in [2.24, 2.45) is 11.8 Å². The third kappa shape index (κ3) is 3.46. The summed E-state index contributed by atoms with van der Waals surface area (Å²) in [5, 5.41) is 8.91. The summed E-state index contributed by atoms with van der Waals surface area (Å²) in [7, 11) is -3.46. The summed E-state index contributed by atoms with van der Waals surface area (Å²) in [4.78, 5) is 10.8. The lowest BCUT2D eigenvalue weighted by molar-refractivity contribution is -0.142. The van der Waals surface area contributed by atoms with Gasteiger partial charge in [0.15, 0.2) is 0 Å². The van der Waals surface area contributed by atoms with Gasteiger partial charge in [0, 0.05) is 19.1 Å². The monoisotopic (exact) mass is 290 g/mol. The molecule has 2 N–H and O–H groups in total. The molecule has 2 atom stereocenters. The number of hydrogen-bond acceptors (Lipinski definition) is 3. The molecule has 0 bridgehead atoms. The number of piperidine rings is 1. The first-order chi connectivity index (χ1) is 8.90. The van der Waals surface area contributed by atoms with Crippen molar-refractivity contribution >= 4 is 16.2 Å². The molecule has 110 valence electrons. The summed E-state index contributed by atoms with van der Waals surface area (Å²) in [6.45, 7) is 2.66. The molecule has 0 aromatic heterocycles. The number of nitrogens with zero attached hydrogens (tertiary/aromatic N) is 1. The van der Waals surface area contributed by atoms with Crippen molar-refractivity contribution in [1.29, 1.82) is 0 Å². The maximum Gasteiger partial charge on any atom is 0.306 e. The van der Waals surface area contributed by atoms with Gasteiger partial charge in [-0.15, -0.1) is 0 Å². The minimum atomic E-state index is -3.46. The first-order valence-electron chi connectivity index (χ1n) is 6.90. The normalized spacial score (nSPS) is 30.6. The predicted octanol–water partition coefficient (Wildman–Crippen LogP) is 0.806. The van der Waals surface area contributed by atoms with Gasteiger partial charge in [-0.1, -0.05) is 13.3 Å². The molecule has 0 amide bonds. The van der Waals surface area contributed by atoms with Crippen LogP contribution in [0, 0.1) is 11.8 Å². The molecule has 0 aromatic carbocycles. The molecule has 1 aliphatic carbocycles. The highest BCUT2D eigenvalue weighted by molar-refractivity contribution is 7.87. The molecule has 2 aliphatic rings. The first-order valence-corrected chi connectivity index (χ1v) is 8.34. The van der Waals surface area contributed by atoms with Gasteiger partial charge in [0.25, 0.3) is 10.2 Å². The molecule has 1 heterocycles. The van der Waals surface area contributed by atoms with Gasteiger partial charge in [0.1, 0.15) is 0 Å². The van der Waals surface area contributed by atoms with E-state index in [2.05, 4.69) is 11.6 Å². The Kier molecular flexibility index (Phi) is 4.47. The Labute approximate surface area is 114 Å². The molecule has 0 spiro atoms. The molecule has 0 aromatic rings. The Balaban J connectivity index is 1.92. The lowest BCUT2D eigenvalue weighted by atomic mass is 9.99. The van der Waals surface area contributed by atoms with Crippen molar-refractivity contribution in [3.63, 3.8) is 0 Å². The Hall–Kier alpha value is -0.660. The molecule has 0 radical (unpaired) electrons. The van der Waals surface area contributed by atoms with Crippen molar-refractivity contribution < 1.29 is 18.3 Å². The van der Waals surface area contributed by atoms with Crippen LogP contribution < -0.4 is 4.72 Å². The van der Waals surface area contributed by atoms with Gasteiger partial charge in [0.05, 0.1) is 5.92 Å². The summed E-state index contributed by atoms with van der Waals surface area (Å²) < 4.78 is 28.6. The van der Waals surface area contributed by atoms with E-state index in [0.717, 1.165) is 19.3 Å². The van der Waals surface area contributed by atoms with Gasteiger partial charge in [0.2, 0.25) is 0 Å². The van der Waals surface area contributed by atoms with Crippen LogP contribution in [0.4, 0.5) is 0 Å². The lowest BCUT2D eigenvalue weighted by Gasteiger charge is -2.31. The number of carboxylic acid groups (broad SMARTS) is 1. The number of rotatable bonds is 4. The zero-order valence-electron chi connectivity index (χ0n) is 11.2. The van der Waals surface area contributed by atoms with Crippen LogP contribution >= 0.6 is 0 Å². The van der Waals surface area contributed by atoms with Gasteiger partial charge in [-0.25, -0.2) is 0 Å². The molecule has 2 fully saturated rings. The molecule has 1 saturated carbocycles. The van der Waals surface area contributed by atoms with E-state index in [1.165, 1.54) is 4.31 Å². The lowest BCUT2D eigenvalue weighted by Crippen LogP contribution is -2.49. The molecule has 7 heteroatoms. The van der Waals surface area contributed by atoms with Crippen LogP contribution in [0.1, 0.15) is 39.0 Å². The van der Waals surface area contributed by atoms with Crippen molar-refractivity contribution in [2.45, 2.75) is 45.1 Å². The summed E-state index contributed by atoms with van der Waals surface area (Å²) in [6.07, 6.45) is 3.82. The Morgan fingerprint density at radius 1 is 1.21 bits per heavy atom. The molecule has 6 nitrogen and oxygen atoms in total. The Morgan fingerprint density at radius 2 is 1.84 bits per heavy atom. The van der Waals surface area contributed by atoms with Crippen LogP contribution in [-0.4, -0.2) is 42.9 Å². The SMILES string of the molecule is CC1CCCC1NS(=O)(=O)N1CCC(C(=O)O)CC1. The quantitative estimate of drug-likeness (QED) is 0.802. The largest absolute Gasteiger partial charge is 0.481 e. The van der Waals surface area contributed by atoms with E-state index in [9.17, 15) is 13.2 Å². The number of aliphatic carboxylic acids is 1. The van der Waals surface area contributed by atoms with E-state index in [0.29, 0.717) is 31.8 Å². The van der Waals surface area contributed by atoms with Gasteiger partial charge >= 0.3 is 5.97 Å². The number of nitrogens with one attached hydrogen (secondary N) is 1. The Morgan fingerprint density at radius 3 is 2.32 bits per heavy atom. The molecular weight excluding hydrogens is 268 g/mol. The van der Waals surface area contributed by atoms with Crippen LogP contribution in [0.15, 0.2) is 0 Å². The molecular formula is C12H22N2O4S. The van der Waals surface area contributed by atoms with Crippen LogP contribution in [0.5, 0.6) is 0 Å². The van der Waals surface area contributed by atoms with E-state index in [1.54, 1.807) is 0 Å². The highest BCUT2D eigenvalue weighted by Crippen LogP contribution is 2.26. The van der Waals surface area contributed by atoms with Crippen molar-refractivity contribution in [3.8, 4) is 0 Å². The van der Waals surface area contributed by atoms with E-state index in [1.807, 2.05) is 0 Å². The summed E-state index contributed by atoms with van der Waals surface area (Å²) in [6, 6.07) is 0.0298. The minimum absolute atomic E-state index is 0.0298. The average molecular weight is 290 g/mol. The minimum Gasteiger partial charge on any atom is -0.481 e. The molecule has 1 aliphatic heterocycles. The van der Waals surface area contributed by atoms with E-state index >= 15 is 0 Å². The predicted molar refractivity (Wildman–Crippen MR) is 70.8 cm³/mol. The van der Waals surface area contributed by atoms with Gasteiger partial charge in [-0.05, 0) is 31.6 Å². The maximum atomic E-state index is 12.2. The van der Waals surface area contributed by atoms with E-state index in [-0.39, 0.29) is 6.04 Å². The summed E-state index contributed by atoms with van der Waals surface area (Å²) in [5.74, 6) is -0.849. The second kappa shape index (κ2) is 5.76. The Bertz CT molecular complexity index is 429. The standard InChI is InChI=1S/C12H22N2O4S/c1-9-3-2-4-11(9)13-19(17,18)14-7-5-10(6-8-14)12(15)16/h9-11,13H,2-8H2,1H3,(H,15,16). The number of hydrogen-bond donors (Lipinski definition) is 2. The van der Waals surface area contributed by atoms with Gasteiger partial charge in [-0.3, -0.25) is 4.79 Å². The summed E-state index contributed by atoms with van der Waals surface area (Å²) in [5.41, 5.74) is 0. The molecule has 1 saturated heterocycles. The smallest absolute Gasteiger partial charge is 0.306 e. The zero-order valence-corrected chi connectivity index (χ0v) is 12.0. The zero-order chi connectivity index (χ0) is 14.0. The second-order valence-electron chi connectivity index (χ2n) is 5.65. The maximum absolute atomic E-state index is 12.2. The highest BCUT2D eigenvalue weighted by Gasteiger charge is 2.34. The fourth-order valence-corrected chi connectivity index (χ4v) is 4.50. The third-order valence-corrected chi connectivity index (χ3v) is 5.95. The van der Waals surface area contributed by atoms with E-state index in [4.69, 9.17) is 5.11 Å². The summed E-state index contributed by atoms with van der Waals surface area (Å²) >= 11 is 0. The fraction of sp³-hybridized carbons (Fsp3) is 0.917. The van der Waals surface area contributed by atoms with Gasteiger partial charge < -0.3 is 5.11 Å². The molecule has 19 heavy (non-hydrogen) atoms. The molecule has 2 rings (SSSR count). The van der Waals surface area contributed by atoms with Crippen molar-refractivity contribution in [1.82, 2.24) is 9.03 Å². The van der Waals surface area contributed by atoms with Crippen molar-refractivity contribution in [2.75, 3.05) is 13.1 Å².